The SMILES string of the molecule is CC(=O)Nc1cccc(OC2CCC(C(c3ccc(O)cc3)(C(F)(F)F)C(F)(F)F)CC2)c1. The van der Waals surface area contributed by atoms with Gasteiger partial charge in [0, 0.05) is 18.7 Å². The minimum atomic E-state index is -5.59. The standard InChI is InChI=1S/C23H23F6NO3/c1-14(31)30-17-3-2-4-20(13-17)33-19-11-7-16(8-12-19)21(22(24,25)26,23(27,28)29)15-5-9-18(32)10-6-15/h2-6,9-10,13,16,19,32H,7-8,11-12H2,1H3,(H,30,31). The number of aromatic hydroxyl groups is 1. The molecule has 2 aromatic carbocycles. The van der Waals surface area contributed by atoms with Gasteiger partial charge in [0.25, 0.3) is 0 Å². The lowest BCUT2D eigenvalue weighted by Gasteiger charge is -2.46. The maximum Gasteiger partial charge on any atom is 0.407 e. The first-order valence-corrected chi connectivity index (χ1v) is 10.3. The summed E-state index contributed by atoms with van der Waals surface area (Å²) < 4.78 is 90.9. The fourth-order valence-electron chi connectivity index (χ4n) is 4.57. The van der Waals surface area contributed by atoms with Gasteiger partial charge in [-0.15, -0.1) is 0 Å². The minimum Gasteiger partial charge on any atom is -0.508 e. The predicted molar refractivity (Wildman–Crippen MR) is 109 cm³/mol. The molecule has 4 nitrogen and oxygen atoms in total. The Morgan fingerprint density at radius 3 is 2.03 bits per heavy atom. The lowest BCUT2D eigenvalue weighted by atomic mass is 9.63. The van der Waals surface area contributed by atoms with Gasteiger partial charge in [-0.3, -0.25) is 4.79 Å². The molecule has 33 heavy (non-hydrogen) atoms. The third-order valence-electron chi connectivity index (χ3n) is 5.96. The molecule has 0 atom stereocenters. The highest BCUT2D eigenvalue weighted by Crippen LogP contribution is 2.59. The second kappa shape index (κ2) is 9.15. The zero-order valence-corrected chi connectivity index (χ0v) is 17.6. The third kappa shape index (κ3) is 5.04. The fourth-order valence-corrected chi connectivity index (χ4v) is 4.57. The van der Waals surface area contributed by atoms with Gasteiger partial charge in [-0.1, -0.05) is 18.2 Å². The number of benzene rings is 2. The van der Waals surface area contributed by atoms with E-state index in [9.17, 15) is 36.2 Å². The zero-order chi connectivity index (χ0) is 24.4. The van der Waals surface area contributed by atoms with Crippen molar-refractivity contribution in [2.45, 2.75) is 56.5 Å². The van der Waals surface area contributed by atoms with E-state index < -0.39 is 41.1 Å². The van der Waals surface area contributed by atoms with Crippen LogP contribution in [0.1, 0.15) is 38.2 Å². The van der Waals surface area contributed by atoms with Crippen molar-refractivity contribution < 1.29 is 41.0 Å². The van der Waals surface area contributed by atoms with Crippen molar-refractivity contribution in [1.82, 2.24) is 0 Å². The van der Waals surface area contributed by atoms with Gasteiger partial charge < -0.3 is 15.2 Å². The van der Waals surface area contributed by atoms with E-state index in [0.29, 0.717) is 23.6 Å². The molecule has 0 radical (unpaired) electrons. The Morgan fingerprint density at radius 2 is 1.52 bits per heavy atom. The van der Waals surface area contributed by atoms with Crippen LogP contribution in [0.5, 0.6) is 11.5 Å². The van der Waals surface area contributed by atoms with Crippen molar-refractivity contribution in [2.75, 3.05) is 5.32 Å². The number of amides is 1. The molecule has 0 bridgehead atoms. The van der Waals surface area contributed by atoms with Crippen LogP contribution >= 0.6 is 0 Å². The van der Waals surface area contributed by atoms with Gasteiger partial charge in [0.2, 0.25) is 5.91 Å². The van der Waals surface area contributed by atoms with Crippen LogP contribution < -0.4 is 10.1 Å². The average Bonchev–Trinajstić information content (AvgIpc) is 2.69. The highest BCUT2D eigenvalue weighted by atomic mass is 19.4. The smallest absolute Gasteiger partial charge is 0.407 e. The molecule has 0 unspecified atom stereocenters. The molecule has 180 valence electrons. The molecular formula is C23H23F6NO3. The summed E-state index contributed by atoms with van der Waals surface area (Å²) in [7, 11) is 0. The zero-order valence-electron chi connectivity index (χ0n) is 17.6. The van der Waals surface area contributed by atoms with Crippen molar-refractivity contribution in [3.63, 3.8) is 0 Å². The maximum absolute atomic E-state index is 14.2. The molecule has 0 heterocycles. The van der Waals surface area contributed by atoms with E-state index in [1.165, 1.54) is 6.92 Å². The Hall–Kier alpha value is -2.91. The molecule has 0 aliphatic heterocycles. The summed E-state index contributed by atoms with van der Waals surface area (Å²) in [5.74, 6) is -2.10. The number of alkyl halides is 6. The van der Waals surface area contributed by atoms with Gasteiger partial charge in [0.05, 0.1) is 6.10 Å². The van der Waals surface area contributed by atoms with E-state index >= 15 is 0 Å². The van der Waals surface area contributed by atoms with Gasteiger partial charge in [0.15, 0.2) is 5.41 Å². The Balaban J connectivity index is 1.83. The number of halogens is 6. The first-order chi connectivity index (χ1) is 15.3. The van der Waals surface area contributed by atoms with Crippen LogP contribution in [0.3, 0.4) is 0 Å². The Kier molecular flexibility index (Phi) is 6.85. The first kappa shape index (κ1) is 24.7. The number of phenols is 1. The highest BCUT2D eigenvalue weighted by Gasteiger charge is 2.74. The largest absolute Gasteiger partial charge is 0.508 e. The number of anilines is 1. The van der Waals surface area contributed by atoms with E-state index in [2.05, 4.69) is 5.32 Å². The van der Waals surface area contributed by atoms with Gasteiger partial charge >= 0.3 is 12.4 Å². The molecule has 1 aliphatic carbocycles. The van der Waals surface area contributed by atoms with E-state index in [-0.39, 0.29) is 31.6 Å². The van der Waals surface area contributed by atoms with Crippen molar-refractivity contribution in [3.8, 4) is 11.5 Å². The number of nitrogens with one attached hydrogen (secondary N) is 1. The lowest BCUT2D eigenvalue weighted by Crippen LogP contribution is -2.59. The molecule has 1 saturated carbocycles. The van der Waals surface area contributed by atoms with Crippen molar-refractivity contribution in [1.29, 1.82) is 0 Å². The molecule has 0 aromatic heterocycles. The molecule has 10 heteroatoms. The summed E-state index contributed by atoms with van der Waals surface area (Å²) in [6.45, 7) is 1.33. The molecule has 3 rings (SSSR count). The summed E-state index contributed by atoms with van der Waals surface area (Å²) >= 11 is 0. The van der Waals surface area contributed by atoms with E-state index in [0.717, 1.165) is 12.1 Å². The number of rotatable bonds is 5. The average molecular weight is 475 g/mol. The molecule has 2 aromatic rings. The first-order valence-electron chi connectivity index (χ1n) is 10.3. The Bertz CT molecular complexity index is 949. The van der Waals surface area contributed by atoms with Crippen LogP contribution in [0.2, 0.25) is 0 Å². The summed E-state index contributed by atoms with van der Waals surface area (Å²) in [5.41, 5.74) is -4.52. The van der Waals surface area contributed by atoms with Crippen molar-refractivity contribution in [3.05, 3.63) is 54.1 Å². The number of hydrogen-bond acceptors (Lipinski definition) is 3. The number of ether oxygens (including phenoxy) is 1. The van der Waals surface area contributed by atoms with Gasteiger partial charge in [-0.25, -0.2) is 0 Å². The number of phenolic OH excluding ortho intramolecular Hbond substituents is 1. The minimum absolute atomic E-state index is 0.00102. The molecule has 0 saturated heterocycles. The van der Waals surface area contributed by atoms with Crippen LogP contribution in [0.4, 0.5) is 32.0 Å². The van der Waals surface area contributed by atoms with Crippen molar-refractivity contribution in [2.24, 2.45) is 5.92 Å². The van der Waals surface area contributed by atoms with E-state index in [1.807, 2.05) is 0 Å². The summed E-state index contributed by atoms with van der Waals surface area (Å²) in [5, 5.41) is 12.0. The number of carbonyl (C=O) groups excluding carboxylic acids is 1. The molecule has 0 spiro atoms. The molecule has 1 fully saturated rings. The monoisotopic (exact) mass is 475 g/mol. The summed E-state index contributed by atoms with van der Waals surface area (Å²) in [4.78, 5) is 11.2. The topological polar surface area (TPSA) is 58.6 Å². The summed E-state index contributed by atoms with van der Waals surface area (Å²) in [6, 6.07) is 9.43. The fraction of sp³-hybridized carbons (Fsp3) is 0.435. The number of carbonyl (C=O) groups is 1. The molecule has 1 amide bonds. The molecule has 2 N–H and O–H groups in total. The van der Waals surface area contributed by atoms with Crippen LogP contribution in [0.25, 0.3) is 0 Å². The van der Waals surface area contributed by atoms with Crippen LogP contribution in [0.15, 0.2) is 48.5 Å². The van der Waals surface area contributed by atoms with Crippen LogP contribution in [0, 0.1) is 5.92 Å². The molecular weight excluding hydrogens is 452 g/mol. The number of hydrogen-bond donors (Lipinski definition) is 2. The maximum atomic E-state index is 14.2. The van der Waals surface area contributed by atoms with Crippen LogP contribution in [-0.4, -0.2) is 29.5 Å². The second-order valence-corrected chi connectivity index (χ2v) is 8.15. The van der Waals surface area contributed by atoms with Gasteiger partial charge in [-0.05, 0) is 61.4 Å². The van der Waals surface area contributed by atoms with Gasteiger partial charge in [0.1, 0.15) is 11.5 Å². The Morgan fingerprint density at radius 1 is 0.939 bits per heavy atom. The predicted octanol–water partition coefficient (Wildman–Crippen LogP) is 6.35. The van der Waals surface area contributed by atoms with Gasteiger partial charge in [-0.2, -0.15) is 26.3 Å². The quantitative estimate of drug-likeness (QED) is 0.496. The summed E-state index contributed by atoms with van der Waals surface area (Å²) in [6.07, 6.45) is -12.4. The molecule has 1 aliphatic rings. The van der Waals surface area contributed by atoms with Crippen molar-refractivity contribution >= 4 is 11.6 Å². The Labute approximate surface area is 186 Å². The lowest BCUT2D eigenvalue weighted by molar-refractivity contribution is -0.322. The normalized spacial score (nSPS) is 19.7. The highest BCUT2D eigenvalue weighted by molar-refractivity contribution is 5.88. The second-order valence-electron chi connectivity index (χ2n) is 8.15. The van der Waals surface area contributed by atoms with E-state index in [4.69, 9.17) is 4.74 Å². The van der Waals surface area contributed by atoms with E-state index in [1.54, 1.807) is 24.3 Å². The third-order valence-corrected chi connectivity index (χ3v) is 5.96. The van der Waals surface area contributed by atoms with Crippen LogP contribution in [-0.2, 0) is 10.2 Å².